The third kappa shape index (κ3) is 32.6. The Morgan fingerprint density at radius 2 is 0.625 bits per heavy atom. The average molecular weight is 563 g/mol. The van der Waals surface area contributed by atoms with Crippen LogP contribution in [0.25, 0.3) is 0 Å². The average Bonchev–Trinajstić information content (AvgIpc) is 2.96. The third-order valence-corrected chi connectivity index (χ3v) is 7.51. The van der Waals surface area contributed by atoms with Crippen molar-refractivity contribution in [1.82, 2.24) is 0 Å². The van der Waals surface area contributed by atoms with Gasteiger partial charge in [-0.3, -0.25) is 0 Å². The quantitative estimate of drug-likeness (QED) is 0.0378. The second-order valence-electron chi connectivity index (χ2n) is 11.6. The van der Waals surface area contributed by atoms with E-state index in [4.69, 9.17) is 9.78 Å². The molecule has 0 radical (unpaired) electrons. The number of rotatable bonds is 30. The highest BCUT2D eigenvalue weighted by Gasteiger charge is 2.09. The maximum absolute atomic E-state index is 11.8. The molecule has 234 valence electrons. The summed E-state index contributed by atoms with van der Waals surface area (Å²) in [6.45, 7) is 4.52. The van der Waals surface area contributed by atoms with Gasteiger partial charge in [-0.2, -0.15) is 0 Å². The van der Waals surface area contributed by atoms with Crippen molar-refractivity contribution in [2.24, 2.45) is 0 Å². The molecule has 4 nitrogen and oxygen atoms in total. The van der Waals surface area contributed by atoms with Crippen LogP contribution in [0, 0.1) is 0 Å². The maximum atomic E-state index is 11.8. The summed E-state index contributed by atoms with van der Waals surface area (Å²) in [5.41, 5.74) is 0. The predicted octanol–water partition coefficient (Wildman–Crippen LogP) is 12.1. The molecule has 40 heavy (non-hydrogen) atoms. The van der Waals surface area contributed by atoms with E-state index in [1.54, 1.807) is 0 Å². The summed E-state index contributed by atoms with van der Waals surface area (Å²) in [5, 5.41) is 0. The van der Waals surface area contributed by atoms with Crippen LogP contribution in [0.3, 0.4) is 0 Å². The number of carbonyl (C=O) groups excluding carboxylic acids is 2. The number of carbonyl (C=O) groups is 2. The molecule has 0 N–H and O–H groups in total. The summed E-state index contributed by atoms with van der Waals surface area (Å²) in [7, 11) is 0. The van der Waals surface area contributed by atoms with Crippen LogP contribution in [0.5, 0.6) is 0 Å². The molecule has 0 heterocycles. The van der Waals surface area contributed by atoms with Gasteiger partial charge in [-0.15, -0.1) is 0 Å². The minimum absolute atomic E-state index is 0.318. The SMILES string of the molecule is CCCCCCCC/C=C/CCCCCCCC(=O)OOC(=O)CCCCCCC/C=C/CCCCCCCC. The molecule has 0 aromatic heterocycles. The van der Waals surface area contributed by atoms with E-state index < -0.39 is 11.9 Å². The molecule has 0 aliphatic rings. The van der Waals surface area contributed by atoms with Gasteiger partial charge in [0.2, 0.25) is 0 Å². The van der Waals surface area contributed by atoms with Crippen LogP contribution in [0.1, 0.15) is 194 Å². The summed E-state index contributed by atoms with van der Waals surface area (Å²) in [6, 6.07) is 0. The van der Waals surface area contributed by atoms with E-state index in [1.807, 2.05) is 0 Å². The summed E-state index contributed by atoms with van der Waals surface area (Å²) in [5.74, 6) is -0.869. The van der Waals surface area contributed by atoms with Crippen molar-refractivity contribution in [2.75, 3.05) is 0 Å². The molecule has 0 bridgehead atoms. The second-order valence-corrected chi connectivity index (χ2v) is 11.6. The fraction of sp³-hybridized carbons (Fsp3) is 0.833. The van der Waals surface area contributed by atoms with Gasteiger partial charge >= 0.3 is 11.9 Å². The Labute approximate surface area is 249 Å². The Kier molecular flexibility index (Phi) is 32.3. The van der Waals surface area contributed by atoms with Gasteiger partial charge in [-0.25, -0.2) is 19.4 Å². The largest absolute Gasteiger partial charge is 0.355 e. The van der Waals surface area contributed by atoms with Gasteiger partial charge in [0.05, 0.1) is 12.8 Å². The zero-order valence-electron chi connectivity index (χ0n) is 26.7. The van der Waals surface area contributed by atoms with Crippen molar-refractivity contribution in [3.8, 4) is 0 Å². The highest BCUT2D eigenvalue weighted by Crippen LogP contribution is 2.12. The van der Waals surface area contributed by atoms with Gasteiger partial charge in [-0.1, -0.05) is 141 Å². The lowest BCUT2D eigenvalue weighted by Crippen LogP contribution is -2.11. The first kappa shape index (κ1) is 38.4. The van der Waals surface area contributed by atoms with E-state index in [2.05, 4.69) is 38.2 Å². The van der Waals surface area contributed by atoms with Crippen LogP contribution >= 0.6 is 0 Å². The molecule has 0 spiro atoms. The van der Waals surface area contributed by atoms with Crippen molar-refractivity contribution < 1.29 is 19.4 Å². The zero-order valence-corrected chi connectivity index (χ0v) is 26.7. The molecule has 0 amide bonds. The Morgan fingerprint density at radius 3 is 0.925 bits per heavy atom. The molecule has 0 atom stereocenters. The maximum Gasteiger partial charge on any atom is 0.355 e. The lowest BCUT2D eigenvalue weighted by molar-refractivity contribution is -0.259. The summed E-state index contributed by atoms with van der Waals surface area (Å²) in [6.07, 6.45) is 41.7. The van der Waals surface area contributed by atoms with Crippen LogP contribution in [0.4, 0.5) is 0 Å². The van der Waals surface area contributed by atoms with Crippen molar-refractivity contribution >= 4 is 11.9 Å². The molecule has 0 fully saturated rings. The minimum atomic E-state index is -0.435. The highest BCUT2D eigenvalue weighted by molar-refractivity contribution is 5.72. The molecule has 4 heteroatoms. The molecule has 0 saturated carbocycles. The number of allylic oxidation sites excluding steroid dienone is 4. The zero-order chi connectivity index (χ0) is 29.2. The second kappa shape index (κ2) is 33.6. The first-order valence-electron chi connectivity index (χ1n) is 17.4. The molecule has 0 aliphatic carbocycles. The Bertz CT molecular complexity index is 544. The van der Waals surface area contributed by atoms with Crippen molar-refractivity contribution in [3.63, 3.8) is 0 Å². The number of unbranched alkanes of at least 4 members (excludes halogenated alkanes) is 22. The van der Waals surface area contributed by atoms with E-state index in [-0.39, 0.29) is 0 Å². The topological polar surface area (TPSA) is 52.6 Å². The summed E-state index contributed by atoms with van der Waals surface area (Å²) in [4.78, 5) is 32.9. The van der Waals surface area contributed by atoms with E-state index >= 15 is 0 Å². The van der Waals surface area contributed by atoms with Gasteiger partial charge in [0.1, 0.15) is 0 Å². The summed E-state index contributed by atoms with van der Waals surface area (Å²) >= 11 is 0. The van der Waals surface area contributed by atoms with Gasteiger partial charge in [-0.05, 0) is 64.2 Å². The number of hydrogen-bond donors (Lipinski definition) is 0. The van der Waals surface area contributed by atoms with Gasteiger partial charge in [0, 0.05) is 0 Å². The van der Waals surface area contributed by atoms with Crippen molar-refractivity contribution in [1.29, 1.82) is 0 Å². The molecule has 0 saturated heterocycles. The molecular weight excluding hydrogens is 496 g/mol. The van der Waals surface area contributed by atoms with E-state index in [0.29, 0.717) is 12.8 Å². The van der Waals surface area contributed by atoms with Crippen LogP contribution in [0.2, 0.25) is 0 Å². The highest BCUT2D eigenvalue weighted by atomic mass is 17.2. The van der Waals surface area contributed by atoms with Crippen LogP contribution in [-0.2, 0) is 19.4 Å². The van der Waals surface area contributed by atoms with Crippen molar-refractivity contribution in [2.45, 2.75) is 194 Å². The molecule has 0 unspecified atom stereocenters. The number of hydrogen-bond acceptors (Lipinski definition) is 4. The molecule has 0 rings (SSSR count). The van der Waals surface area contributed by atoms with Crippen LogP contribution < -0.4 is 0 Å². The van der Waals surface area contributed by atoms with Crippen LogP contribution in [0.15, 0.2) is 24.3 Å². The standard InChI is InChI=1S/C36H66O4/c1-3-5-7-9-11-13-15-17-19-21-23-25-27-29-31-33-35(37)39-40-36(38)34-32-30-28-26-24-22-20-18-16-14-12-10-8-6-4-2/h17-20H,3-16,21-34H2,1-2H3/b19-17+,20-18+. The Hall–Kier alpha value is -1.58. The molecule has 0 aromatic rings. The minimum Gasteiger partial charge on any atom is -0.247 e. The van der Waals surface area contributed by atoms with Crippen LogP contribution in [-0.4, -0.2) is 11.9 Å². The van der Waals surface area contributed by atoms with E-state index in [0.717, 1.165) is 51.4 Å². The van der Waals surface area contributed by atoms with Gasteiger partial charge in [0.25, 0.3) is 0 Å². The molecule has 0 aliphatic heterocycles. The summed E-state index contributed by atoms with van der Waals surface area (Å²) < 4.78 is 0. The van der Waals surface area contributed by atoms with E-state index in [9.17, 15) is 9.59 Å². The predicted molar refractivity (Wildman–Crippen MR) is 171 cm³/mol. The van der Waals surface area contributed by atoms with Crippen molar-refractivity contribution in [3.05, 3.63) is 24.3 Å². The van der Waals surface area contributed by atoms with Gasteiger partial charge < -0.3 is 0 Å². The van der Waals surface area contributed by atoms with E-state index in [1.165, 1.54) is 116 Å². The normalized spacial score (nSPS) is 11.6. The lowest BCUT2D eigenvalue weighted by Gasteiger charge is -2.04. The van der Waals surface area contributed by atoms with Gasteiger partial charge in [0.15, 0.2) is 0 Å². The lowest BCUT2D eigenvalue weighted by atomic mass is 10.1. The Morgan fingerprint density at radius 1 is 0.375 bits per heavy atom. The monoisotopic (exact) mass is 562 g/mol. The first-order chi connectivity index (χ1) is 19.7. The third-order valence-electron chi connectivity index (χ3n) is 7.51. The molecule has 0 aromatic carbocycles. The fourth-order valence-electron chi connectivity index (χ4n) is 4.86. The smallest absolute Gasteiger partial charge is 0.247 e. The fourth-order valence-corrected chi connectivity index (χ4v) is 4.86. The first-order valence-corrected chi connectivity index (χ1v) is 17.4. The Balaban J connectivity index is 3.36. The molecular formula is C36H66O4.